The van der Waals surface area contributed by atoms with E-state index in [1.54, 1.807) is 24.5 Å². The fourth-order valence-electron chi connectivity index (χ4n) is 3.95. The van der Waals surface area contributed by atoms with E-state index in [0.717, 1.165) is 6.54 Å². The van der Waals surface area contributed by atoms with Crippen LogP contribution in [0.15, 0.2) is 24.5 Å². The number of pyridine rings is 1. The van der Waals surface area contributed by atoms with Gasteiger partial charge in [0.25, 0.3) is 5.91 Å². The zero-order valence-corrected chi connectivity index (χ0v) is 16.3. The van der Waals surface area contributed by atoms with Crippen molar-refractivity contribution in [1.82, 2.24) is 20.9 Å². The van der Waals surface area contributed by atoms with Gasteiger partial charge in [0.2, 0.25) is 0 Å². The van der Waals surface area contributed by atoms with Gasteiger partial charge in [-0.2, -0.15) is 0 Å². The smallest absolute Gasteiger partial charge is 0.251 e. The summed E-state index contributed by atoms with van der Waals surface area (Å²) in [7, 11) is 0. The van der Waals surface area contributed by atoms with E-state index < -0.39 is 0 Å². The lowest BCUT2D eigenvalue weighted by molar-refractivity contribution is 0.0951. The molecule has 2 fully saturated rings. The highest BCUT2D eigenvalue weighted by atomic mass is 35.5. The average molecular weight is 389 g/mol. The van der Waals surface area contributed by atoms with Crippen molar-refractivity contribution in [3.8, 4) is 0 Å². The van der Waals surface area contributed by atoms with Crippen molar-refractivity contribution in [2.45, 2.75) is 44.6 Å². The predicted octanol–water partition coefficient (Wildman–Crippen LogP) is 2.56. The van der Waals surface area contributed by atoms with Crippen molar-refractivity contribution in [1.29, 1.82) is 0 Å². The number of piperidine rings is 1. The van der Waals surface area contributed by atoms with Crippen molar-refractivity contribution in [3.63, 3.8) is 0 Å². The number of nitrogens with zero attached hydrogens (tertiary/aromatic N) is 1. The molecular formula is C18H30Cl2N4O. The van der Waals surface area contributed by atoms with Gasteiger partial charge < -0.3 is 16.0 Å². The van der Waals surface area contributed by atoms with Gasteiger partial charge in [-0.25, -0.2) is 0 Å². The highest BCUT2D eigenvalue weighted by Crippen LogP contribution is 2.43. The van der Waals surface area contributed by atoms with Gasteiger partial charge in [0.15, 0.2) is 0 Å². The van der Waals surface area contributed by atoms with E-state index in [2.05, 4.69) is 20.9 Å². The molecule has 1 aliphatic carbocycles. The Kier molecular flexibility index (Phi) is 9.72. The monoisotopic (exact) mass is 388 g/mol. The lowest BCUT2D eigenvalue weighted by atomic mass is 9.67. The third-order valence-corrected chi connectivity index (χ3v) is 5.50. The molecule has 1 aromatic rings. The SMILES string of the molecule is Cl.Cl.O=C(NCCNC1CCC2(CCNCC2)CC1)c1ccncc1. The molecule has 3 rings (SSSR count). The first-order valence-electron chi connectivity index (χ1n) is 8.90. The van der Waals surface area contributed by atoms with Crippen LogP contribution in [0, 0.1) is 5.41 Å². The number of carbonyl (C=O) groups is 1. The van der Waals surface area contributed by atoms with E-state index in [1.165, 1.54) is 51.6 Å². The summed E-state index contributed by atoms with van der Waals surface area (Å²) in [5.41, 5.74) is 1.30. The van der Waals surface area contributed by atoms with Gasteiger partial charge in [0.05, 0.1) is 0 Å². The third kappa shape index (κ3) is 6.41. The number of carbonyl (C=O) groups excluding carboxylic acids is 1. The molecule has 142 valence electrons. The molecule has 0 radical (unpaired) electrons. The first kappa shape index (κ1) is 22.2. The summed E-state index contributed by atoms with van der Waals surface area (Å²) in [6.45, 7) is 3.90. The van der Waals surface area contributed by atoms with Crippen LogP contribution in [0.3, 0.4) is 0 Å². The number of rotatable bonds is 5. The Morgan fingerprint density at radius 1 is 1.08 bits per heavy atom. The topological polar surface area (TPSA) is 66.1 Å². The van der Waals surface area contributed by atoms with Gasteiger partial charge in [-0.3, -0.25) is 9.78 Å². The number of nitrogens with one attached hydrogen (secondary N) is 3. The van der Waals surface area contributed by atoms with Crippen molar-refractivity contribution in [2.24, 2.45) is 5.41 Å². The molecule has 5 nitrogen and oxygen atoms in total. The summed E-state index contributed by atoms with van der Waals surface area (Å²) < 4.78 is 0. The normalized spacial score (nSPS) is 19.5. The molecule has 0 bridgehead atoms. The number of aromatic nitrogens is 1. The molecule has 2 aliphatic rings. The number of hydrogen-bond acceptors (Lipinski definition) is 4. The molecule has 1 spiro atoms. The highest BCUT2D eigenvalue weighted by Gasteiger charge is 2.35. The summed E-state index contributed by atoms with van der Waals surface area (Å²) in [4.78, 5) is 15.9. The lowest BCUT2D eigenvalue weighted by Crippen LogP contribution is -2.44. The maximum absolute atomic E-state index is 11.9. The van der Waals surface area contributed by atoms with E-state index in [1.807, 2.05) is 0 Å². The van der Waals surface area contributed by atoms with Crippen LogP contribution in [-0.4, -0.2) is 43.1 Å². The Balaban J connectivity index is 0.00000156. The Hall–Kier alpha value is -0.880. The predicted molar refractivity (Wildman–Crippen MR) is 106 cm³/mol. The van der Waals surface area contributed by atoms with Crippen molar-refractivity contribution < 1.29 is 4.79 Å². The fourth-order valence-corrected chi connectivity index (χ4v) is 3.95. The molecule has 1 amide bonds. The Labute approximate surface area is 163 Å². The van der Waals surface area contributed by atoms with E-state index in [0.29, 0.717) is 23.6 Å². The summed E-state index contributed by atoms with van der Waals surface area (Å²) in [5, 5.41) is 10.0. The maximum Gasteiger partial charge on any atom is 0.251 e. The highest BCUT2D eigenvalue weighted by molar-refractivity contribution is 5.93. The number of halogens is 2. The van der Waals surface area contributed by atoms with Crippen LogP contribution < -0.4 is 16.0 Å². The van der Waals surface area contributed by atoms with Crippen LogP contribution in [-0.2, 0) is 0 Å². The molecule has 1 saturated carbocycles. The third-order valence-electron chi connectivity index (χ3n) is 5.50. The second-order valence-electron chi connectivity index (χ2n) is 6.97. The van der Waals surface area contributed by atoms with Crippen LogP contribution in [0.1, 0.15) is 48.9 Å². The second kappa shape index (κ2) is 11.0. The number of amides is 1. The van der Waals surface area contributed by atoms with Crippen molar-refractivity contribution >= 4 is 30.7 Å². The molecule has 2 heterocycles. The minimum absolute atomic E-state index is 0. The van der Waals surface area contributed by atoms with Gasteiger partial charge in [-0.1, -0.05) is 0 Å². The minimum atomic E-state index is -0.0218. The maximum atomic E-state index is 11.9. The summed E-state index contributed by atoms with van der Waals surface area (Å²) >= 11 is 0. The zero-order chi connectivity index (χ0) is 16.0. The van der Waals surface area contributed by atoms with Gasteiger partial charge in [0, 0.05) is 37.1 Å². The van der Waals surface area contributed by atoms with Gasteiger partial charge in [-0.15, -0.1) is 24.8 Å². The average Bonchev–Trinajstić information content (AvgIpc) is 2.62. The van der Waals surface area contributed by atoms with Gasteiger partial charge in [0.1, 0.15) is 0 Å². The fraction of sp³-hybridized carbons (Fsp3) is 0.667. The quantitative estimate of drug-likeness (QED) is 0.678. The molecule has 25 heavy (non-hydrogen) atoms. The Morgan fingerprint density at radius 3 is 2.36 bits per heavy atom. The van der Waals surface area contributed by atoms with Gasteiger partial charge >= 0.3 is 0 Å². The largest absolute Gasteiger partial charge is 0.351 e. The molecule has 0 aromatic carbocycles. The van der Waals surface area contributed by atoms with Crippen LogP contribution in [0.5, 0.6) is 0 Å². The zero-order valence-electron chi connectivity index (χ0n) is 14.6. The second-order valence-corrected chi connectivity index (χ2v) is 6.97. The van der Waals surface area contributed by atoms with E-state index in [9.17, 15) is 4.79 Å². The summed E-state index contributed by atoms with van der Waals surface area (Å²) in [6.07, 6.45) is 11.3. The summed E-state index contributed by atoms with van der Waals surface area (Å²) in [6, 6.07) is 4.10. The van der Waals surface area contributed by atoms with Crippen molar-refractivity contribution in [3.05, 3.63) is 30.1 Å². The number of hydrogen-bond donors (Lipinski definition) is 3. The van der Waals surface area contributed by atoms with Crippen LogP contribution in [0.4, 0.5) is 0 Å². The molecule has 1 saturated heterocycles. The Morgan fingerprint density at radius 2 is 1.72 bits per heavy atom. The van der Waals surface area contributed by atoms with Crippen molar-refractivity contribution in [2.75, 3.05) is 26.2 Å². The molecule has 1 aliphatic heterocycles. The first-order valence-corrected chi connectivity index (χ1v) is 8.90. The molecule has 0 atom stereocenters. The molecular weight excluding hydrogens is 359 g/mol. The minimum Gasteiger partial charge on any atom is -0.351 e. The molecule has 7 heteroatoms. The van der Waals surface area contributed by atoms with E-state index in [-0.39, 0.29) is 30.7 Å². The van der Waals surface area contributed by atoms with E-state index in [4.69, 9.17) is 0 Å². The van der Waals surface area contributed by atoms with Crippen LogP contribution in [0.2, 0.25) is 0 Å². The molecule has 3 N–H and O–H groups in total. The van der Waals surface area contributed by atoms with Crippen LogP contribution in [0.25, 0.3) is 0 Å². The summed E-state index contributed by atoms with van der Waals surface area (Å²) in [5.74, 6) is -0.0218. The lowest BCUT2D eigenvalue weighted by Gasteiger charge is -2.43. The van der Waals surface area contributed by atoms with E-state index >= 15 is 0 Å². The van der Waals surface area contributed by atoms with Crippen LogP contribution >= 0.6 is 24.8 Å². The Bertz CT molecular complexity index is 499. The molecule has 0 unspecified atom stereocenters. The van der Waals surface area contributed by atoms with Gasteiger partial charge in [-0.05, 0) is 69.2 Å². The standard InChI is InChI=1S/C18H28N4O.2ClH/c23-17(15-3-9-19-10-4-15)22-14-13-21-16-1-5-18(6-2-16)7-11-20-12-8-18;;/h3-4,9-10,16,20-21H,1-2,5-8,11-14H2,(H,22,23);2*1H. The molecule has 1 aromatic heterocycles. The first-order chi connectivity index (χ1) is 11.3.